The fourth-order valence-corrected chi connectivity index (χ4v) is 2.19. The first kappa shape index (κ1) is 8.55. The first-order valence-corrected chi connectivity index (χ1v) is 4.91. The van der Waals surface area contributed by atoms with Crippen LogP contribution in [-0.2, 0) is 4.79 Å². The van der Waals surface area contributed by atoms with E-state index in [1.54, 1.807) is 0 Å². The number of likely N-dealkylation sites (tertiary alicyclic amines) is 1. The number of amides is 1. The van der Waals surface area contributed by atoms with E-state index in [9.17, 15) is 4.79 Å². The van der Waals surface area contributed by atoms with Crippen molar-refractivity contribution < 1.29 is 4.79 Å². The molecule has 2 aliphatic rings. The van der Waals surface area contributed by atoms with E-state index in [0.29, 0.717) is 5.41 Å². The normalized spacial score (nSPS) is 24.1. The van der Waals surface area contributed by atoms with Gasteiger partial charge in [-0.05, 0) is 31.1 Å². The highest BCUT2D eigenvalue weighted by Crippen LogP contribution is 2.51. The van der Waals surface area contributed by atoms with Gasteiger partial charge in [0.25, 0.3) is 0 Å². The predicted molar refractivity (Wildman–Crippen MR) is 47.7 cm³/mol. The molecule has 0 aromatic carbocycles. The fourth-order valence-electron chi connectivity index (χ4n) is 2.19. The van der Waals surface area contributed by atoms with E-state index in [-0.39, 0.29) is 12.3 Å². The molecule has 0 aromatic heterocycles. The largest absolute Gasteiger partial charge is 0.341 e. The number of nitrogens with zero attached hydrogens (tertiary/aromatic N) is 2. The van der Waals surface area contributed by atoms with Crippen LogP contribution in [0.4, 0.5) is 0 Å². The molecule has 1 aliphatic heterocycles. The number of hydrogen-bond acceptors (Lipinski definition) is 2. The van der Waals surface area contributed by atoms with Gasteiger partial charge in [-0.1, -0.05) is 0 Å². The predicted octanol–water partition coefficient (Wildman–Crippen LogP) is 1.30. The Bertz CT molecular complexity index is 263. The molecular formula is C10H14N2O. The van der Waals surface area contributed by atoms with Crippen LogP contribution in [-0.4, -0.2) is 23.9 Å². The van der Waals surface area contributed by atoms with Gasteiger partial charge in [-0.25, -0.2) is 0 Å². The minimum atomic E-state index is 0.0217. The molecule has 3 heteroatoms. The molecular weight excluding hydrogens is 164 g/mol. The van der Waals surface area contributed by atoms with E-state index < -0.39 is 0 Å². The van der Waals surface area contributed by atoms with Crippen LogP contribution in [0.2, 0.25) is 0 Å². The maximum Gasteiger partial charge on any atom is 0.236 e. The van der Waals surface area contributed by atoms with E-state index in [2.05, 4.69) is 0 Å². The number of rotatable bonds is 1. The molecule has 1 spiro atoms. The molecule has 0 N–H and O–H groups in total. The van der Waals surface area contributed by atoms with Crippen molar-refractivity contribution in [3.8, 4) is 6.07 Å². The highest BCUT2D eigenvalue weighted by Gasteiger charge is 2.46. The summed E-state index contributed by atoms with van der Waals surface area (Å²) in [4.78, 5) is 13.3. The Labute approximate surface area is 78.3 Å². The molecule has 70 valence electrons. The number of carbonyl (C=O) groups is 1. The second-order valence-electron chi connectivity index (χ2n) is 4.25. The zero-order valence-electron chi connectivity index (χ0n) is 7.75. The summed E-state index contributed by atoms with van der Waals surface area (Å²) in [6.07, 6.45) is 5.02. The second kappa shape index (κ2) is 3.02. The summed E-state index contributed by atoms with van der Waals surface area (Å²) in [6, 6.07) is 1.92. The third kappa shape index (κ3) is 1.67. The van der Waals surface area contributed by atoms with Crippen molar-refractivity contribution in [3.05, 3.63) is 0 Å². The third-order valence-electron chi connectivity index (χ3n) is 3.20. The molecule has 1 aliphatic carbocycles. The van der Waals surface area contributed by atoms with E-state index >= 15 is 0 Å². The lowest BCUT2D eigenvalue weighted by Crippen LogP contribution is -2.40. The summed E-state index contributed by atoms with van der Waals surface area (Å²) in [7, 11) is 0. The molecule has 0 atom stereocenters. The minimum Gasteiger partial charge on any atom is -0.341 e. The van der Waals surface area contributed by atoms with Crippen molar-refractivity contribution >= 4 is 5.91 Å². The lowest BCUT2D eigenvalue weighted by atomic mass is 9.95. The molecule has 1 saturated heterocycles. The minimum absolute atomic E-state index is 0.0217. The third-order valence-corrected chi connectivity index (χ3v) is 3.20. The van der Waals surface area contributed by atoms with Gasteiger partial charge in [0.1, 0.15) is 6.42 Å². The zero-order chi connectivity index (χ0) is 9.31. The number of hydrogen-bond donors (Lipinski definition) is 0. The second-order valence-corrected chi connectivity index (χ2v) is 4.25. The topological polar surface area (TPSA) is 44.1 Å². The Morgan fingerprint density at radius 1 is 1.46 bits per heavy atom. The van der Waals surface area contributed by atoms with Crippen LogP contribution in [0.1, 0.15) is 32.1 Å². The van der Waals surface area contributed by atoms with Crippen molar-refractivity contribution in [1.29, 1.82) is 5.26 Å². The van der Waals surface area contributed by atoms with Crippen LogP contribution >= 0.6 is 0 Å². The van der Waals surface area contributed by atoms with Crippen LogP contribution in [0.15, 0.2) is 0 Å². The molecule has 0 unspecified atom stereocenters. The highest BCUT2D eigenvalue weighted by atomic mass is 16.2. The molecule has 1 amide bonds. The van der Waals surface area contributed by atoms with Crippen LogP contribution in [0, 0.1) is 16.7 Å². The average Bonchev–Trinajstić information content (AvgIpc) is 2.85. The first-order chi connectivity index (χ1) is 6.26. The quantitative estimate of drug-likeness (QED) is 0.607. The van der Waals surface area contributed by atoms with Gasteiger partial charge >= 0.3 is 0 Å². The maximum absolute atomic E-state index is 11.4. The summed E-state index contributed by atoms with van der Waals surface area (Å²) in [6.45, 7) is 1.77. The highest BCUT2D eigenvalue weighted by molar-refractivity contribution is 5.78. The smallest absolute Gasteiger partial charge is 0.236 e. The van der Waals surface area contributed by atoms with E-state index in [0.717, 1.165) is 19.5 Å². The standard InChI is InChI=1S/C10H14N2O/c11-6-2-9(13)12-7-1-3-10(8-12)4-5-10/h1-5,7-8H2. The van der Waals surface area contributed by atoms with Gasteiger partial charge in [0.2, 0.25) is 5.91 Å². The van der Waals surface area contributed by atoms with Gasteiger partial charge in [-0.3, -0.25) is 4.79 Å². The Morgan fingerprint density at radius 2 is 2.23 bits per heavy atom. The molecule has 0 aromatic rings. The summed E-state index contributed by atoms with van der Waals surface area (Å²) < 4.78 is 0. The van der Waals surface area contributed by atoms with Crippen molar-refractivity contribution in [1.82, 2.24) is 4.90 Å². The Morgan fingerprint density at radius 3 is 2.85 bits per heavy atom. The van der Waals surface area contributed by atoms with E-state index in [4.69, 9.17) is 5.26 Å². The van der Waals surface area contributed by atoms with Gasteiger partial charge in [-0.15, -0.1) is 0 Å². The van der Waals surface area contributed by atoms with Gasteiger partial charge < -0.3 is 4.90 Å². The molecule has 2 fully saturated rings. The van der Waals surface area contributed by atoms with Gasteiger partial charge in [-0.2, -0.15) is 5.26 Å². The summed E-state index contributed by atoms with van der Waals surface area (Å²) in [5.74, 6) is 0.0217. The van der Waals surface area contributed by atoms with E-state index in [1.807, 2.05) is 11.0 Å². The van der Waals surface area contributed by atoms with Crippen molar-refractivity contribution in [2.75, 3.05) is 13.1 Å². The number of piperidine rings is 1. The fraction of sp³-hybridized carbons (Fsp3) is 0.800. The molecule has 1 heterocycles. The molecule has 2 rings (SSSR count). The number of carbonyl (C=O) groups excluding carboxylic acids is 1. The first-order valence-electron chi connectivity index (χ1n) is 4.91. The monoisotopic (exact) mass is 178 g/mol. The van der Waals surface area contributed by atoms with Crippen molar-refractivity contribution in [2.45, 2.75) is 32.1 Å². The molecule has 0 radical (unpaired) electrons. The molecule has 13 heavy (non-hydrogen) atoms. The van der Waals surface area contributed by atoms with Gasteiger partial charge in [0.05, 0.1) is 6.07 Å². The van der Waals surface area contributed by atoms with Crippen LogP contribution in [0.5, 0.6) is 0 Å². The van der Waals surface area contributed by atoms with E-state index in [1.165, 1.54) is 19.3 Å². The zero-order valence-corrected chi connectivity index (χ0v) is 7.75. The van der Waals surface area contributed by atoms with Crippen molar-refractivity contribution in [2.24, 2.45) is 5.41 Å². The Kier molecular flexibility index (Phi) is 1.99. The Hall–Kier alpha value is -1.04. The van der Waals surface area contributed by atoms with Crippen LogP contribution in [0.3, 0.4) is 0 Å². The summed E-state index contributed by atoms with van der Waals surface area (Å²) in [5.41, 5.74) is 0.476. The Balaban J connectivity index is 1.93. The number of nitriles is 1. The maximum atomic E-state index is 11.4. The van der Waals surface area contributed by atoms with Crippen molar-refractivity contribution in [3.63, 3.8) is 0 Å². The lowest BCUT2D eigenvalue weighted by Gasteiger charge is -2.32. The molecule has 0 bridgehead atoms. The average molecular weight is 178 g/mol. The van der Waals surface area contributed by atoms with Crippen LogP contribution < -0.4 is 0 Å². The van der Waals surface area contributed by atoms with Gasteiger partial charge in [0.15, 0.2) is 0 Å². The summed E-state index contributed by atoms with van der Waals surface area (Å²) >= 11 is 0. The molecule has 1 saturated carbocycles. The SMILES string of the molecule is N#CCC(=O)N1CCCC2(CC2)C1. The summed E-state index contributed by atoms with van der Waals surface area (Å²) in [5, 5.41) is 8.42. The lowest BCUT2D eigenvalue weighted by molar-refractivity contribution is -0.132. The van der Waals surface area contributed by atoms with Crippen LogP contribution in [0.25, 0.3) is 0 Å². The molecule has 3 nitrogen and oxygen atoms in total. The van der Waals surface area contributed by atoms with Gasteiger partial charge in [0, 0.05) is 13.1 Å².